The molecule has 19 heavy (non-hydrogen) atoms. The number of hydrogen-bond acceptors (Lipinski definition) is 4. The first-order valence-corrected chi connectivity index (χ1v) is 6.93. The normalized spacial score (nSPS) is 12.2. The molecule has 0 saturated heterocycles. The maximum absolute atomic E-state index is 11.8. The Morgan fingerprint density at radius 1 is 1.37 bits per heavy atom. The van der Waals surface area contributed by atoms with Crippen LogP contribution >= 0.6 is 0 Å². The van der Waals surface area contributed by atoms with Crippen LogP contribution < -0.4 is 16.2 Å². The number of benzene rings is 1. The van der Waals surface area contributed by atoms with Gasteiger partial charge in [-0.1, -0.05) is 31.9 Å². The summed E-state index contributed by atoms with van der Waals surface area (Å²) in [5.41, 5.74) is 12.4. The molecule has 0 fully saturated rings. The number of hydrogen-bond donors (Lipinski definition) is 2. The Balaban J connectivity index is 2.48. The average Bonchev–Trinajstić information content (AvgIpc) is 2.39. The van der Waals surface area contributed by atoms with Gasteiger partial charge in [-0.2, -0.15) is 0 Å². The maximum Gasteiger partial charge on any atom is 0.328 e. The fraction of sp³-hybridized carbons (Fsp3) is 0.533. The number of carbonyl (C=O) groups is 1. The summed E-state index contributed by atoms with van der Waals surface area (Å²) < 4.78 is 5.30. The molecular weight excluding hydrogens is 240 g/mol. The van der Waals surface area contributed by atoms with Crippen molar-refractivity contribution < 1.29 is 9.53 Å². The lowest BCUT2D eigenvalue weighted by Crippen LogP contribution is -2.34. The van der Waals surface area contributed by atoms with E-state index in [0.717, 1.165) is 25.7 Å². The van der Waals surface area contributed by atoms with Crippen molar-refractivity contribution in [2.75, 3.05) is 6.54 Å². The van der Waals surface area contributed by atoms with E-state index in [1.165, 1.54) is 5.56 Å². The van der Waals surface area contributed by atoms with E-state index in [0.29, 0.717) is 18.7 Å². The second-order valence-corrected chi connectivity index (χ2v) is 4.71. The molecule has 0 amide bonds. The van der Waals surface area contributed by atoms with Crippen LogP contribution in [-0.2, 0) is 11.2 Å². The predicted octanol–water partition coefficient (Wildman–Crippen LogP) is 2.00. The van der Waals surface area contributed by atoms with Gasteiger partial charge in [0.25, 0.3) is 0 Å². The summed E-state index contributed by atoms with van der Waals surface area (Å²) in [6.07, 6.45) is 4.39. The molecular formula is C15H24N2O2. The lowest BCUT2D eigenvalue weighted by Gasteiger charge is -2.11. The Bertz CT molecular complexity index is 393. The lowest BCUT2D eigenvalue weighted by atomic mass is 10.1. The van der Waals surface area contributed by atoms with E-state index in [-0.39, 0.29) is 5.97 Å². The summed E-state index contributed by atoms with van der Waals surface area (Å²) in [5.74, 6) is 0.205. The SMILES string of the molecule is CCCc1cccc(OC(=O)C(N)CCCCN)c1. The Morgan fingerprint density at radius 2 is 2.16 bits per heavy atom. The molecule has 0 radical (unpaired) electrons. The minimum Gasteiger partial charge on any atom is -0.425 e. The molecule has 0 aliphatic heterocycles. The van der Waals surface area contributed by atoms with Crippen molar-refractivity contribution in [3.8, 4) is 5.75 Å². The lowest BCUT2D eigenvalue weighted by molar-refractivity contribution is -0.136. The molecule has 1 unspecified atom stereocenters. The van der Waals surface area contributed by atoms with Crippen LogP contribution in [0.3, 0.4) is 0 Å². The van der Waals surface area contributed by atoms with Gasteiger partial charge in [-0.25, -0.2) is 4.79 Å². The van der Waals surface area contributed by atoms with E-state index in [1.54, 1.807) is 6.07 Å². The van der Waals surface area contributed by atoms with Gasteiger partial charge in [0.15, 0.2) is 0 Å². The molecule has 0 aliphatic carbocycles. The first kappa shape index (κ1) is 15.7. The van der Waals surface area contributed by atoms with Crippen molar-refractivity contribution >= 4 is 5.97 Å². The van der Waals surface area contributed by atoms with Crippen molar-refractivity contribution in [3.63, 3.8) is 0 Å². The molecule has 1 aromatic rings. The van der Waals surface area contributed by atoms with E-state index in [4.69, 9.17) is 16.2 Å². The first-order valence-electron chi connectivity index (χ1n) is 6.93. The Kier molecular flexibility index (Phi) is 7.15. The third-order valence-corrected chi connectivity index (χ3v) is 2.93. The summed E-state index contributed by atoms with van der Waals surface area (Å²) in [6, 6.07) is 7.04. The smallest absolute Gasteiger partial charge is 0.328 e. The molecule has 0 heterocycles. The molecule has 0 bridgehead atoms. The molecule has 1 rings (SSSR count). The monoisotopic (exact) mass is 264 g/mol. The highest BCUT2D eigenvalue weighted by Crippen LogP contribution is 2.15. The molecule has 0 spiro atoms. The zero-order valence-electron chi connectivity index (χ0n) is 11.6. The highest BCUT2D eigenvalue weighted by Gasteiger charge is 2.15. The fourth-order valence-corrected chi connectivity index (χ4v) is 1.87. The minimum absolute atomic E-state index is 0.370. The average molecular weight is 264 g/mol. The number of aryl methyl sites for hydroxylation is 1. The molecule has 4 heteroatoms. The van der Waals surface area contributed by atoms with Crippen LogP contribution in [0.15, 0.2) is 24.3 Å². The quantitative estimate of drug-likeness (QED) is 0.427. The van der Waals surface area contributed by atoms with Gasteiger partial charge in [0.2, 0.25) is 0 Å². The number of nitrogens with two attached hydrogens (primary N) is 2. The van der Waals surface area contributed by atoms with Crippen molar-refractivity contribution in [3.05, 3.63) is 29.8 Å². The van der Waals surface area contributed by atoms with Gasteiger partial charge in [0.1, 0.15) is 11.8 Å². The van der Waals surface area contributed by atoms with Gasteiger partial charge in [-0.05, 0) is 43.5 Å². The van der Waals surface area contributed by atoms with Gasteiger partial charge < -0.3 is 16.2 Å². The molecule has 0 aliphatic rings. The summed E-state index contributed by atoms with van der Waals surface area (Å²) >= 11 is 0. The molecule has 1 atom stereocenters. The second-order valence-electron chi connectivity index (χ2n) is 4.71. The molecule has 106 valence electrons. The molecule has 1 aromatic carbocycles. The number of carbonyl (C=O) groups excluding carboxylic acids is 1. The van der Waals surface area contributed by atoms with E-state index in [2.05, 4.69) is 6.92 Å². The summed E-state index contributed by atoms with van der Waals surface area (Å²) in [6.45, 7) is 2.74. The standard InChI is InChI=1S/C15H24N2O2/c1-2-6-12-7-5-8-13(11-12)19-15(18)14(17)9-3-4-10-16/h5,7-8,11,14H,2-4,6,9-10,16-17H2,1H3. The summed E-state index contributed by atoms with van der Waals surface area (Å²) in [4.78, 5) is 11.8. The van der Waals surface area contributed by atoms with Crippen LogP contribution in [0.2, 0.25) is 0 Å². The Hall–Kier alpha value is -1.39. The van der Waals surface area contributed by atoms with Crippen LogP contribution in [0.25, 0.3) is 0 Å². The van der Waals surface area contributed by atoms with Crippen LogP contribution in [0.4, 0.5) is 0 Å². The summed E-state index contributed by atoms with van der Waals surface area (Å²) in [5, 5.41) is 0. The number of esters is 1. The molecule has 4 N–H and O–H groups in total. The van der Waals surface area contributed by atoms with Crippen molar-refractivity contribution in [1.82, 2.24) is 0 Å². The Morgan fingerprint density at radius 3 is 2.84 bits per heavy atom. The largest absolute Gasteiger partial charge is 0.425 e. The number of unbranched alkanes of at least 4 members (excludes halogenated alkanes) is 1. The van der Waals surface area contributed by atoms with E-state index in [1.807, 2.05) is 18.2 Å². The van der Waals surface area contributed by atoms with E-state index >= 15 is 0 Å². The highest BCUT2D eigenvalue weighted by molar-refractivity contribution is 5.77. The minimum atomic E-state index is -0.568. The number of ether oxygens (including phenoxy) is 1. The van der Waals surface area contributed by atoms with Crippen molar-refractivity contribution in [2.45, 2.75) is 45.1 Å². The van der Waals surface area contributed by atoms with E-state index < -0.39 is 6.04 Å². The van der Waals surface area contributed by atoms with Gasteiger partial charge in [0.05, 0.1) is 0 Å². The van der Waals surface area contributed by atoms with Crippen LogP contribution in [0, 0.1) is 0 Å². The van der Waals surface area contributed by atoms with E-state index in [9.17, 15) is 4.79 Å². The van der Waals surface area contributed by atoms with Crippen molar-refractivity contribution in [1.29, 1.82) is 0 Å². The highest BCUT2D eigenvalue weighted by atomic mass is 16.5. The fourth-order valence-electron chi connectivity index (χ4n) is 1.87. The van der Waals surface area contributed by atoms with Crippen molar-refractivity contribution in [2.24, 2.45) is 11.5 Å². The zero-order chi connectivity index (χ0) is 14.1. The third-order valence-electron chi connectivity index (χ3n) is 2.93. The van der Waals surface area contributed by atoms with Gasteiger partial charge in [0, 0.05) is 0 Å². The topological polar surface area (TPSA) is 78.3 Å². The predicted molar refractivity (Wildman–Crippen MR) is 77.0 cm³/mol. The van der Waals surface area contributed by atoms with Gasteiger partial charge in [-0.3, -0.25) is 0 Å². The maximum atomic E-state index is 11.8. The molecule has 4 nitrogen and oxygen atoms in total. The number of rotatable bonds is 8. The molecule has 0 aromatic heterocycles. The van der Waals surface area contributed by atoms with Crippen LogP contribution in [0.5, 0.6) is 5.75 Å². The Labute approximate surface area is 115 Å². The first-order chi connectivity index (χ1) is 9.17. The third kappa shape index (κ3) is 5.85. The summed E-state index contributed by atoms with van der Waals surface area (Å²) in [7, 11) is 0. The van der Waals surface area contributed by atoms with Crippen LogP contribution in [-0.4, -0.2) is 18.6 Å². The second kappa shape index (κ2) is 8.67. The molecule has 0 saturated carbocycles. The van der Waals surface area contributed by atoms with Gasteiger partial charge in [-0.15, -0.1) is 0 Å². The van der Waals surface area contributed by atoms with Gasteiger partial charge >= 0.3 is 5.97 Å². The zero-order valence-corrected chi connectivity index (χ0v) is 11.6. The van der Waals surface area contributed by atoms with Crippen LogP contribution in [0.1, 0.15) is 38.2 Å².